The SMILES string of the molecule is CCCNc1nc(C)nc(SC(C)C)c1C. The van der Waals surface area contributed by atoms with E-state index in [0.29, 0.717) is 5.25 Å². The van der Waals surface area contributed by atoms with E-state index in [4.69, 9.17) is 0 Å². The number of aryl methyl sites for hydroxylation is 1. The molecule has 3 nitrogen and oxygen atoms in total. The highest BCUT2D eigenvalue weighted by Crippen LogP contribution is 2.27. The minimum absolute atomic E-state index is 0.548. The van der Waals surface area contributed by atoms with E-state index < -0.39 is 0 Å². The highest BCUT2D eigenvalue weighted by molar-refractivity contribution is 7.99. The van der Waals surface area contributed by atoms with Crippen LogP contribution in [-0.4, -0.2) is 21.8 Å². The zero-order chi connectivity index (χ0) is 12.1. The molecule has 0 atom stereocenters. The summed E-state index contributed by atoms with van der Waals surface area (Å²) in [5, 5.41) is 5.00. The molecule has 1 heterocycles. The molecule has 0 spiro atoms. The summed E-state index contributed by atoms with van der Waals surface area (Å²) in [6.45, 7) is 11.5. The number of nitrogens with zero attached hydrogens (tertiary/aromatic N) is 2. The number of anilines is 1. The largest absolute Gasteiger partial charge is 0.370 e. The number of hydrogen-bond acceptors (Lipinski definition) is 4. The second kappa shape index (κ2) is 6.09. The van der Waals surface area contributed by atoms with Crippen LogP contribution in [0.3, 0.4) is 0 Å². The van der Waals surface area contributed by atoms with E-state index in [-0.39, 0.29) is 0 Å². The van der Waals surface area contributed by atoms with Gasteiger partial charge in [-0.15, -0.1) is 11.8 Å². The Hall–Kier alpha value is -0.770. The molecule has 0 aliphatic heterocycles. The Morgan fingerprint density at radius 1 is 1.25 bits per heavy atom. The second-order valence-electron chi connectivity index (χ2n) is 4.14. The molecular weight excluding hydrogens is 218 g/mol. The van der Waals surface area contributed by atoms with Gasteiger partial charge in [-0.05, 0) is 20.3 Å². The van der Waals surface area contributed by atoms with Crippen LogP contribution in [0.15, 0.2) is 5.03 Å². The van der Waals surface area contributed by atoms with Crippen LogP contribution in [0.1, 0.15) is 38.6 Å². The fourth-order valence-corrected chi connectivity index (χ4v) is 2.26. The lowest BCUT2D eigenvalue weighted by Crippen LogP contribution is -2.07. The summed E-state index contributed by atoms with van der Waals surface area (Å²) in [6.07, 6.45) is 1.11. The quantitative estimate of drug-likeness (QED) is 0.631. The van der Waals surface area contributed by atoms with Crippen LogP contribution in [0.25, 0.3) is 0 Å². The third-order valence-electron chi connectivity index (χ3n) is 2.10. The Morgan fingerprint density at radius 2 is 1.94 bits per heavy atom. The molecule has 90 valence electrons. The monoisotopic (exact) mass is 239 g/mol. The van der Waals surface area contributed by atoms with Crippen LogP contribution in [0.4, 0.5) is 5.82 Å². The van der Waals surface area contributed by atoms with Crippen LogP contribution in [0.5, 0.6) is 0 Å². The van der Waals surface area contributed by atoms with E-state index in [9.17, 15) is 0 Å². The van der Waals surface area contributed by atoms with E-state index in [1.54, 1.807) is 11.8 Å². The summed E-state index contributed by atoms with van der Waals surface area (Å²) in [6, 6.07) is 0. The molecule has 4 heteroatoms. The van der Waals surface area contributed by atoms with Gasteiger partial charge in [0.15, 0.2) is 0 Å². The topological polar surface area (TPSA) is 37.8 Å². The number of thioether (sulfide) groups is 1. The van der Waals surface area contributed by atoms with Crippen molar-refractivity contribution >= 4 is 17.6 Å². The molecule has 0 saturated heterocycles. The van der Waals surface area contributed by atoms with Crippen molar-refractivity contribution in [1.82, 2.24) is 9.97 Å². The fraction of sp³-hybridized carbons (Fsp3) is 0.667. The van der Waals surface area contributed by atoms with Crippen molar-refractivity contribution in [3.63, 3.8) is 0 Å². The first-order valence-electron chi connectivity index (χ1n) is 5.80. The zero-order valence-electron chi connectivity index (χ0n) is 10.8. The Morgan fingerprint density at radius 3 is 2.50 bits per heavy atom. The van der Waals surface area contributed by atoms with Crippen LogP contribution in [0.2, 0.25) is 0 Å². The van der Waals surface area contributed by atoms with Crippen LogP contribution in [-0.2, 0) is 0 Å². The Kier molecular flexibility index (Phi) is 5.06. The maximum atomic E-state index is 4.49. The predicted octanol–water partition coefficient (Wildman–Crippen LogP) is 3.42. The molecule has 0 bridgehead atoms. The molecule has 0 aliphatic rings. The molecule has 0 aromatic carbocycles. The zero-order valence-corrected chi connectivity index (χ0v) is 11.6. The van der Waals surface area contributed by atoms with Gasteiger partial charge < -0.3 is 5.32 Å². The number of rotatable bonds is 5. The van der Waals surface area contributed by atoms with Crippen molar-refractivity contribution in [2.24, 2.45) is 0 Å². The van der Waals surface area contributed by atoms with Gasteiger partial charge in [-0.25, -0.2) is 9.97 Å². The van der Waals surface area contributed by atoms with Gasteiger partial charge in [-0.2, -0.15) is 0 Å². The maximum Gasteiger partial charge on any atom is 0.133 e. The summed E-state index contributed by atoms with van der Waals surface area (Å²) in [4.78, 5) is 8.94. The minimum atomic E-state index is 0.548. The van der Waals surface area contributed by atoms with Gasteiger partial charge in [0.1, 0.15) is 16.7 Å². The summed E-state index contributed by atoms with van der Waals surface area (Å²) >= 11 is 1.80. The summed E-state index contributed by atoms with van der Waals surface area (Å²) in [5.74, 6) is 1.82. The number of aromatic nitrogens is 2. The molecular formula is C12H21N3S. The average molecular weight is 239 g/mol. The van der Waals surface area contributed by atoms with Crippen molar-refractivity contribution < 1.29 is 0 Å². The second-order valence-corrected chi connectivity index (χ2v) is 5.71. The van der Waals surface area contributed by atoms with Gasteiger partial charge in [0, 0.05) is 17.4 Å². The van der Waals surface area contributed by atoms with Crippen molar-refractivity contribution in [2.75, 3.05) is 11.9 Å². The smallest absolute Gasteiger partial charge is 0.133 e. The molecule has 0 fully saturated rings. The predicted molar refractivity (Wildman–Crippen MR) is 71.3 cm³/mol. The number of nitrogens with one attached hydrogen (secondary N) is 1. The first-order valence-corrected chi connectivity index (χ1v) is 6.68. The van der Waals surface area contributed by atoms with Crippen molar-refractivity contribution in [3.05, 3.63) is 11.4 Å². The Balaban J connectivity index is 2.95. The fourth-order valence-electron chi connectivity index (χ4n) is 1.36. The molecule has 0 saturated carbocycles. The molecule has 0 amide bonds. The number of hydrogen-bond donors (Lipinski definition) is 1. The molecule has 0 unspecified atom stereocenters. The molecule has 1 rings (SSSR count). The van der Waals surface area contributed by atoms with E-state index in [1.807, 2.05) is 6.92 Å². The summed E-state index contributed by atoms with van der Waals surface area (Å²) in [5.41, 5.74) is 1.16. The molecule has 1 aromatic heterocycles. The van der Waals surface area contributed by atoms with Crippen LogP contribution < -0.4 is 5.32 Å². The maximum absolute atomic E-state index is 4.49. The van der Waals surface area contributed by atoms with Gasteiger partial charge in [0.05, 0.1) is 0 Å². The average Bonchev–Trinajstić information content (AvgIpc) is 2.20. The molecule has 1 aromatic rings. The lowest BCUT2D eigenvalue weighted by Gasteiger charge is -2.13. The molecule has 0 radical (unpaired) electrons. The van der Waals surface area contributed by atoms with Crippen molar-refractivity contribution in [1.29, 1.82) is 0 Å². The van der Waals surface area contributed by atoms with Gasteiger partial charge >= 0.3 is 0 Å². The molecule has 16 heavy (non-hydrogen) atoms. The van der Waals surface area contributed by atoms with E-state index >= 15 is 0 Å². The van der Waals surface area contributed by atoms with E-state index in [1.165, 1.54) is 0 Å². The van der Waals surface area contributed by atoms with Crippen LogP contribution in [0, 0.1) is 13.8 Å². The van der Waals surface area contributed by atoms with Gasteiger partial charge in [0.2, 0.25) is 0 Å². The van der Waals surface area contributed by atoms with E-state index in [0.717, 1.165) is 35.2 Å². The highest BCUT2D eigenvalue weighted by atomic mass is 32.2. The van der Waals surface area contributed by atoms with Crippen molar-refractivity contribution in [3.8, 4) is 0 Å². The lowest BCUT2D eigenvalue weighted by molar-refractivity contribution is 0.905. The minimum Gasteiger partial charge on any atom is -0.370 e. The van der Waals surface area contributed by atoms with Crippen molar-refractivity contribution in [2.45, 2.75) is 51.3 Å². The third kappa shape index (κ3) is 3.67. The van der Waals surface area contributed by atoms with Gasteiger partial charge in [-0.3, -0.25) is 0 Å². The molecule has 1 N–H and O–H groups in total. The first-order chi connectivity index (χ1) is 7.54. The normalized spacial score (nSPS) is 10.9. The van der Waals surface area contributed by atoms with Gasteiger partial charge in [-0.1, -0.05) is 20.8 Å². The summed E-state index contributed by atoms with van der Waals surface area (Å²) < 4.78 is 0. The standard InChI is InChI=1S/C12H21N3S/c1-6-7-13-11-9(4)12(16-8(2)3)15-10(5)14-11/h8H,6-7H2,1-5H3,(H,13,14,15). The lowest BCUT2D eigenvalue weighted by atomic mass is 10.3. The van der Waals surface area contributed by atoms with Gasteiger partial charge in [0.25, 0.3) is 0 Å². The Labute approximate surface area is 102 Å². The van der Waals surface area contributed by atoms with E-state index in [2.05, 4.69) is 43.0 Å². The summed E-state index contributed by atoms with van der Waals surface area (Å²) in [7, 11) is 0. The van der Waals surface area contributed by atoms with Crippen LogP contribution >= 0.6 is 11.8 Å². The first kappa shape index (κ1) is 13.3. The highest BCUT2D eigenvalue weighted by Gasteiger charge is 2.10. The molecule has 0 aliphatic carbocycles. The Bertz CT molecular complexity index is 350. The third-order valence-corrected chi connectivity index (χ3v) is 3.19.